The lowest BCUT2D eigenvalue weighted by Gasteiger charge is -2.00. The van der Waals surface area contributed by atoms with Crippen LogP contribution in [0.25, 0.3) is 0 Å². The third-order valence-corrected chi connectivity index (χ3v) is 2.77. The minimum atomic E-state index is -3.52. The van der Waals surface area contributed by atoms with Gasteiger partial charge in [0.05, 0.1) is 12.0 Å². The average Bonchev–Trinajstić information content (AvgIpc) is 2.05. The van der Waals surface area contributed by atoms with E-state index in [9.17, 15) is 8.42 Å². The molecule has 0 aromatic heterocycles. The maximum Gasteiger partial charge on any atom is 0.296 e. The summed E-state index contributed by atoms with van der Waals surface area (Å²) in [5.74, 6) is 0. The quantitative estimate of drug-likeness (QED) is 0.654. The van der Waals surface area contributed by atoms with Gasteiger partial charge in [0, 0.05) is 0 Å². The molecular formula is C8H10O3S. The van der Waals surface area contributed by atoms with Crippen LogP contribution in [0.4, 0.5) is 0 Å². The molecule has 0 heterocycles. The van der Waals surface area contributed by atoms with E-state index in [1.54, 1.807) is 12.1 Å². The van der Waals surface area contributed by atoms with Gasteiger partial charge in [0.1, 0.15) is 0 Å². The summed E-state index contributed by atoms with van der Waals surface area (Å²) >= 11 is 0. The fourth-order valence-electron chi connectivity index (χ4n) is 0.867. The van der Waals surface area contributed by atoms with Crippen molar-refractivity contribution in [3.8, 4) is 0 Å². The molecule has 0 N–H and O–H groups in total. The first-order chi connectivity index (χ1) is 5.56. The van der Waals surface area contributed by atoms with E-state index >= 15 is 0 Å². The van der Waals surface area contributed by atoms with E-state index < -0.39 is 10.1 Å². The maximum atomic E-state index is 11.1. The first kappa shape index (κ1) is 9.22. The molecule has 0 fully saturated rings. The summed E-state index contributed by atoms with van der Waals surface area (Å²) in [6.45, 7) is 1.83. The van der Waals surface area contributed by atoms with Crippen molar-refractivity contribution in [3.63, 3.8) is 0 Å². The van der Waals surface area contributed by atoms with Crippen LogP contribution in [0.5, 0.6) is 0 Å². The van der Waals surface area contributed by atoms with Crippen molar-refractivity contribution >= 4 is 10.1 Å². The van der Waals surface area contributed by atoms with Crippen molar-refractivity contribution in [1.29, 1.82) is 0 Å². The van der Waals surface area contributed by atoms with Crippen molar-refractivity contribution in [2.45, 2.75) is 11.8 Å². The van der Waals surface area contributed by atoms with Crippen molar-refractivity contribution in [2.75, 3.05) is 7.11 Å². The Hall–Kier alpha value is -0.870. The molecule has 0 atom stereocenters. The molecule has 66 valence electrons. The minimum Gasteiger partial charge on any atom is -0.270 e. The van der Waals surface area contributed by atoms with Crippen LogP contribution in [-0.4, -0.2) is 15.5 Å². The van der Waals surface area contributed by atoms with E-state index in [2.05, 4.69) is 4.18 Å². The summed E-state index contributed by atoms with van der Waals surface area (Å²) in [6.07, 6.45) is 0. The van der Waals surface area contributed by atoms with E-state index in [0.717, 1.165) is 12.7 Å². The van der Waals surface area contributed by atoms with Crippen LogP contribution in [0.1, 0.15) is 5.56 Å². The number of hydrogen-bond donors (Lipinski definition) is 0. The second-order valence-electron chi connectivity index (χ2n) is 2.44. The largest absolute Gasteiger partial charge is 0.296 e. The zero-order valence-corrected chi connectivity index (χ0v) is 7.76. The predicted octanol–water partition coefficient (Wildman–Crippen LogP) is 1.33. The predicted molar refractivity (Wildman–Crippen MR) is 45.4 cm³/mol. The van der Waals surface area contributed by atoms with Crippen molar-refractivity contribution in [3.05, 3.63) is 29.8 Å². The molecule has 1 rings (SSSR count). The molecule has 0 bridgehead atoms. The molecule has 0 saturated heterocycles. The van der Waals surface area contributed by atoms with E-state index in [0.29, 0.717) is 0 Å². The summed E-state index contributed by atoms with van der Waals surface area (Å²) in [5.41, 5.74) is 0.896. The van der Waals surface area contributed by atoms with Gasteiger partial charge in [0.2, 0.25) is 0 Å². The molecule has 1 aromatic carbocycles. The summed E-state index contributed by atoms with van der Waals surface area (Å²) in [6, 6.07) is 6.58. The van der Waals surface area contributed by atoms with Crippen LogP contribution >= 0.6 is 0 Å². The Morgan fingerprint density at radius 2 is 2.00 bits per heavy atom. The number of benzene rings is 1. The van der Waals surface area contributed by atoms with Gasteiger partial charge < -0.3 is 0 Å². The molecule has 3 nitrogen and oxygen atoms in total. The first-order valence-electron chi connectivity index (χ1n) is 3.43. The van der Waals surface area contributed by atoms with Gasteiger partial charge in [-0.1, -0.05) is 12.1 Å². The van der Waals surface area contributed by atoms with Crippen LogP contribution in [0.2, 0.25) is 0 Å². The summed E-state index contributed by atoms with van der Waals surface area (Å²) < 4.78 is 26.6. The Morgan fingerprint density at radius 1 is 1.33 bits per heavy atom. The Bertz CT molecular complexity index is 368. The molecule has 0 amide bonds. The lowest BCUT2D eigenvalue weighted by Crippen LogP contribution is -2.02. The zero-order valence-electron chi connectivity index (χ0n) is 6.94. The SMILES string of the molecule is COS(=O)(=O)c1cccc(C)c1. The smallest absolute Gasteiger partial charge is 0.270 e. The highest BCUT2D eigenvalue weighted by molar-refractivity contribution is 7.86. The summed E-state index contributed by atoms with van der Waals surface area (Å²) in [4.78, 5) is 0.199. The van der Waals surface area contributed by atoms with Crippen LogP contribution < -0.4 is 0 Å². The van der Waals surface area contributed by atoms with Gasteiger partial charge in [0.25, 0.3) is 10.1 Å². The van der Waals surface area contributed by atoms with Crippen LogP contribution in [-0.2, 0) is 14.3 Å². The highest BCUT2D eigenvalue weighted by atomic mass is 32.2. The third kappa shape index (κ3) is 1.84. The summed E-state index contributed by atoms with van der Waals surface area (Å²) in [7, 11) is -2.37. The normalized spacial score (nSPS) is 11.5. The molecule has 4 heteroatoms. The van der Waals surface area contributed by atoms with Gasteiger partial charge in [-0.2, -0.15) is 8.42 Å². The molecule has 0 aliphatic heterocycles. The number of hydrogen-bond acceptors (Lipinski definition) is 3. The van der Waals surface area contributed by atoms with Crippen molar-refractivity contribution in [1.82, 2.24) is 0 Å². The van der Waals surface area contributed by atoms with Crippen LogP contribution in [0.15, 0.2) is 29.2 Å². The molecular weight excluding hydrogens is 176 g/mol. The van der Waals surface area contributed by atoms with Crippen molar-refractivity contribution in [2.24, 2.45) is 0 Å². The fourth-order valence-corrected chi connectivity index (χ4v) is 1.63. The fraction of sp³-hybridized carbons (Fsp3) is 0.250. The second kappa shape index (κ2) is 3.25. The minimum absolute atomic E-state index is 0.199. The first-order valence-corrected chi connectivity index (χ1v) is 4.84. The topological polar surface area (TPSA) is 43.4 Å². The van der Waals surface area contributed by atoms with Crippen molar-refractivity contribution < 1.29 is 12.6 Å². The molecule has 0 aliphatic rings. The molecule has 0 unspecified atom stereocenters. The number of aryl methyl sites for hydroxylation is 1. The number of rotatable bonds is 2. The van der Waals surface area contributed by atoms with E-state index in [-0.39, 0.29) is 4.90 Å². The van der Waals surface area contributed by atoms with Gasteiger partial charge >= 0.3 is 0 Å². The Balaban J connectivity index is 3.21. The summed E-state index contributed by atoms with van der Waals surface area (Å²) in [5, 5.41) is 0. The molecule has 1 aromatic rings. The standard InChI is InChI=1S/C8H10O3S/c1-7-4-3-5-8(6-7)12(9,10)11-2/h3-6H,1-2H3. The highest BCUT2D eigenvalue weighted by Crippen LogP contribution is 2.12. The van der Waals surface area contributed by atoms with E-state index in [1.807, 2.05) is 13.0 Å². The maximum absolute atomic E-state index is 11.1. The molecule has 0 aliphatic carbocycles. The van der Waals surface area contributed by atoms with Crippen LogP contribution in [0, 0.1) is 6.92 Å². The lowest BCUT2D eigenvalue weighted by atomic mass is 10.2. The average molecular weight is 186 g/mol. The monoisotopic (exact) mass is 186 g/mol. The van der Waals surface area contributed by atoms with E-state index in [4.69, 9.17) is 0 Å². The zero-order chi connectivity index (χ0) is 9.19. The molecule has 0 saturated carbocycles. The van der Waals surface area contributed by atoms with Gasteiger partial charge in [-0.25, -0.2) is 0 Å². The third-order valence-electron chi connectivity index (χ3n) is 1.50. The van der Waals surface area contributed by atoms with Gasteiger partial charge in [-0.15, -0.1) is 0 Å². The van der Waals surface area contributed by atoms with Gasteiger partial charge in [0.15, 0.2) is 0 Å². The Kier molecular flexibility index (Phi) is 2.49. The van der Waals surface area contributed by atoms with Crippen LogP contribution in [0.3, 0.4) is 0 Å². The second-order valence-corrected chi connectivity index (χ2v) is 4.15. The molecule has 12 heavy (non-hydrogen) atoms. The highest BCUT2D eigenvalue weighted by Gasteiger charge is 2.11. The molecule has 0 radical (unpaired) electrons. The molecule has 0 spiro atoms. The lowest BCUT2D eigenvalue weighted by molar-refractivity contribution is 0.397. The van der Waals surface area contributed by atoms with Gasteiger partial charge in [-0.05, 0) is 24.6 Å². The Morgan fingerprint density at radius 3 is 2.50 bits per heavy atom. The van der Waals surface area contributed by atoms with E-state index in [1.165, 1.54) is 6.07 Å². The van der Waals surface area contributed by atoms with Gasteiger partial charge in [-0.3, -0.25) is 4.18 Å². The Labute approximate surface area is 72.1 Å².